The molecule has 0 atom stereocenters. The topological polar surface area (TPSA) is 81.4 Å². The number of hydrogen-bond donors (Lipinski definition) is 1. The van der Waals surface area contributed by atoms with E-state index in [1.807, 2.05) is 31.2 Å². The average molecular weight is 400 g/mol. The van der Waals surface area contributed by atoms with Crippen molar-refractivity contribution in [2.24, 2.45) is 0 Å². The maximum absolute atomic E-state index is 12.1. The number of fused-ring (bicyclic) bond motifs is 1. The van der Waals surface area contributed by atoms with Gasteiger partial charge in [-0.1, -0.05) is 22.9 Å². The molecule has 0 aliphatic carbocycles. The minimum atomic E-state index is -0.240. The van der Waals surface area contributed by atoms with Gasteiger partial charge in [-0.25, -0.2) is 0 Å². The molecule has 0 radical (unpaired) electrons. The first kappa shape index (κ1) is 17.4. The van der Waals surface area contributed by atoms with E-state index in [9.17, 15) is 4.79 Å². The molecule has 0 aliphatic heterocycles. The van der Waals surface area contributed by atoms with E-state index in [2.05, 4.69) is 20.6 Å². The molecule has 27 heavy (non-hydrogen) atoms. The highest BCUT2D eigenvalue weighted by Gasteiger charge is 2.09. The molecule has 136 valence electrons. The van der Waals surface area contributed by atoms with Gasteiger partial charge >= 0.3 is 0 Å². The summed E-state index contributed by atoms with van der Waals surface area (Å²) >= 11 is 7.36. The van der Waals surface area contributed by atoms with Gasteiger partial charge in [-0.15, -0.1) is 10.2 Å². The van der Waals surface area contributed by atoms with Crippen molar-refractivity contribution >= 4 is 39.5 Å². The molecule has 0 unspecified atom stereocenters. The number of ether oxygens (including phenoxy) is 1. The Morgan fingerprint density at radius 3 is 2.81 bits per heavy atom. The molecule has 2 aromatic heterocycles. The van der Waals surface area contributed by atoms with Gasteiger partial charge in [0.25, 0.3) is 5.91 Å². The second kappa shape index (κ2) is 7.34. The van der Waals surface area contributed by atoms with Gasteiger partial charge in [0.2, 0.25) is 4.96 Å². The van der Waals surface area contributed by atoms with Crippen molar-refractivity contribution in [2.45, 2.75) is 6.92 Å². The Balaban J connectivity index is 1.37. The molecule has 0 bridgehead atoms. The maximum Gasteiger partial charge on any atom is 0.262 e. The molecule has 2 heterocycles. The second-order valence-electron chi connectivity index (χ2n) is 5.79. The van der Waals surface area contributed by atoms with E-state index in [-0.39, 0.29) is 12.5 Å². The van der Waals surface area contributed by atoms with Gasteiger partial charge in [0.05, 0.1) is 0 Å². The minimum Gasteiger partial charge on any atom is -0.483 e. The van der Waals surface area contributed by atoms with Crippen LogP contribution in [0.25, 0.3) is 15.5 Å². The fraction of sp³-hybridized carbons (Fsp3) is 0.111. The number of rotatable bonds is 5. The van der Waals surface area contributed by atoms with Gasteiger partial charge in [0.15, 0.2) is 6.61 Å². The smallest absolute Gasteiger partial charge is 0.262 e. The Labute approximate surface area is 163 Å². The number of carbonyl (C=O) groups is 1. The van der Waals surface area contributed by atoms with Gasteiger partial charge in [0, 0.05) is 16.3 Å². The molecule has 0 aliphatic rings. The first-order valence-corrected chi connectivity index (χ1v) is 9.24. The van der Waals surface area contributed by atoms with Crippen molar-refractivity contribution in [2.75, 3.05) is 11.9 Å². The van der Waals surface area contributed by atoms with Crippen LogP contribution < -0.4 is 10.1 Å². The lowest BCUT2D eigenvalue weighted by molar-refractivity contribution is -0.118. The van der Waals surface area contributed by atoms with Gasteiger partial charge in [-0.2, -0.15) is 9.61 Å². The zero-order chi connectivity index (χ0) is 18.8. The standard InChI is InChI=1S/C18H14ClN5O2S/c1-11-8-13(19)4-7-15(11)26-9-16(25)21-14-5-2-12(3-6-14)17-23-24-10-20-22-18(24)27-17/h2-8,10H,9H2,1H3,(H,21,25). The molecule has 2 aromatic carbocycles. The fourth-order valence-corrected chi connectivity index (χ4v) is 3.54. The lowest BCUT2D eigenvalue weighted by Gasteiger charge is -2.10. The molecule has 0 spiro atoms. The van der Waals surface area contributed by atoms with Crippen molar-refractivity contribution in [1.82, 2.24) is 19.8 Å². The van der Waals surface area contributed by atoms with E-state index in [0.29, 0.717) is 16.5 Å². The van der Waals surface area contributed by atoms with Crippen molar-refractivity contribution in [3.05, 3.63) is 59.4 Å². The Bertz CT molecular complexity index is 1080. The number of hydrogen-bond acceptors (Lipinski definition) is 6. The predicted molar refractivity (Wildman–Crippen MR) is 104 cm³/mol. The highest BCUT2D eigenvalue weighted by Crippen LogP contribution is 2.26. The molecular weight excluding hydrogens is 386 g/mol. The van der Waals surface area contributed by atoms with Crippen LogP contribution in [0.2, 0.25) is 5.02 Å². The monoisotopic (exact) mass is 399 g/mol. The zero-order valence-electron chi connectivity index (χ0n) is 14.2. The summed E-state index contributed by atoms with van der Waals surface area (Å²) in [5, 5.41) is 16.4. The summed E-state index contributed by atoms with van der Waals surface area (Å²) < 4.78 is 7.18. The molecule has 0 saturated heterocycles. The van der Waals surface area contributed by atoms with E-state index in [4.69, 9.17) is 16.3 Å². The SMILES string of the molecule is Cc1cc(Cl)ccc1OCC(=O)Nc1ccc(-c2nn3cnnc3s2)cc1. The van der Waals surface area contributed by atoms with Crippen LogP contribution in [0.1, 0.15) is 5.56 Å². The van der Waals surface area contributed by atoms with Crippen LogP contribution in [0.3, 0.4) is 0 Å². The number of halogens is 1. The van der Waals surface area contributed by atoms with E-state index in [1.54, 1.807) is 29.0 Å². The number of nitrogens with one attached hydrogen (secondary N) is 1. The number of carbonyl (C=O) groups excluding carboxylic acids is 1. The summed E-state index contributed by atoms with van der Waals surface area (Å²) in [6.07, 6.45) is 1.56. The van der Waals surface area contributed by atoms with Crippen LogP contribution in [0, 0.1) is 6.92 Å². The third-order valence-corrected chi connectivity index (χ3v) is 5.00. The number of amides is 1. The average Bonchev–Trinajstić information content (AvgIpc) is 3.23. The molecule has 4 rings (SSSR count). The Hall–Kier alpha value is -2.97. The molecular formula is C18H14ClN5O2S. The maximum atomic E-state index is 12.1. The summed E-state index contributed by atoms with van der Waals surface area (Å²) in [4.78, 5) is 12.8. The largest absolute Gasteiger partial charge is 0.483 e. The van der Waals surface area contributed by atoms with Crippen LogP contribution in [-0.4, -0.2) is 32.3 Å². The summed E-state index contributed by atoms with van der Waals surface area (Å²) in [6, 6.07) is 12.7. The normalized spacial score (nSPS) is 10.9. The Kier molecular flexibility index (Phi) is 4.74. The summed E-state index contributed by atoms with van der Waals surface area (Å²) in [6.45, 7) is 1.80. The van der Waals surface area contributed by atoms with Crippen molar-refractivity contribution in [1.29, 1.82) is 0 Å². The van der Waals surface area contributed by atoms with Gasteiger partial charge in [0.1, 0.15) is 17.1 Å². The molecule has 1 amide bonds. The van der Waals surface area contributed by atoms with E-state index >= 15 is 0 Å². The number of nitrogens with zero attached hydrogens (tertiary/aromatic N) is 4. The van der Waals surface area contributed by atoms with Crippen LogP contribution >= 0.6 is 22.9 Å². The third-order valence-electron chi connectivity index (χ3n) is 3.80. The van der Waals surface area contributed by atoms with Crippen molar-refractivity contribution in [3.63, 3.8) is 0 Å². The van der Waals surface area contributed by atoms with E-state index in [0.717, 1.165) is 21.1 Å². The lowest BCUT2D eigenvalue weighted by Crippen LogP contribution is -2.20. The molecule has 1 N–H and O–H groups in total. The lowest BCUT2D eigenvalue weighted by atomic mass is 10.2. The number of aromatic nitrogens is 4. The van der Waals surface area contributed by atoms with E-state index < -0.39 is 0 Å². The Morgan fingerprint density at radius 1 is 1.26 bits per heavy atom. The van der Waals surface area contributed by atoms with Gasteiger partial charge in [-0.05, 0) is 55.0 Å². The summed E-state index contributed by atoms with van der Waals surface area (Å²) in [5.74, 6) is 0.393. The van der Waals surface area contributed by atoms with Gasteiger partial charge < -0.3 is 10.1 Å². The number of aryl methyl sites for hydroxylation is 1. The number of anilines is 1. The van der Waals surface area contributed by atoms with Crippen LogP contribution in [0.5, 0.6) is 5.75 Å². The third kappa shape index (κ3) is 3.91. The Morgan fingerprint density at radius 2 is 2.07 bits per heavy atom. The quantitative estimate of drug-likeness (QED) is 0.551. The van der Waals surface area contributed by atoms with Crippen LogP contribution in [-0.2, 0) is 4.79 Å². The molecule has 7 nitrogen and oxygen atoms in total. The molecule has 9 heteroatoms. The summed E-state index contributed by atoms with van der Waals surface area (Å²) in [7, 11) is 0. The van der Waals surface area contributed by atoms with Crippen LogP contribution in [0.4, 0.5) is 5.69 Å². The van der Waals surface area contributed by atoms with E-state index in [1.165, 1.54) is 11.3 Å². The highest BCUT2D eigenvalue weighted by atomic mass is 35.5. The number of benzene rings is 2. The van der Waals surface area contributed by atoms with Crippen molar-refractivity contribution < 1.29 is 9.53 Å². The van der Waals surface area contributed by atoms with Crippen LogP contribution in [0.15, 0.2) is 48.8 Å². The fourth-order valence-electron chi connectivity index (χ4n) is 2.49. The molecule has 0 saturated carbocycles. The first-order chi connectivity index (χ1) is 13.1. The molecule has 4 aromatic rings. The predicted octanol–water partition coefficient (Wildman–Crippen LogP) is 3.83. The first-order valence-electron chi connectivity index (χ1n) is 8.04. The van der Waals surface area contributed by atoms with Gasteiger partial charge in [-0.3, -0.25) is 4.79 Å². The zero-order valence-corrected chi connectivity index (χ0v) is 15.8. The molecule has 0 fully saturated rings. The second-order valence-corrected chi connectivity index (χ2v) is 7.18. The van der Waals surface area contributed by atoms with Crippen molar-refractivity contribution in [3.8, 4) is 16.3 Å². The minimum absolute atomic E-state index is 0.0824. The highest BCUT2D eigenvalue weighted by molar-refractivity contribution is 7.19. The summed E-state index contributed by atoms with van der Waals surface area (Å²) in [5.41, 5.74) is 2.50.